The summed E-state index contributed by atoms with van der Waals surface area (Å²) in [6.07, 6.45) is 5.44. The van der Waals surface area contributed by atoms with E-state index >= 15 is 0 Å². The van der Waals surface area contributed by atoms with Gasteiger partial charge in [-0.25, -0.2) is 0 Å². The lowest BCUT2D eigenvalue weighted by Crippen LogP contribution is -2.35. The fourth-order valence-electron chi connectivity index (χ4n) is 2.81. The number of nitrogens with one attached hydrogen (secondary N) is 2. The molecule has 0 spiro atoms. The van der Waals surface area contributed by atoms with Gasteiger partial charge in [-0.1, -0.05) is 31.0 Å². The Morgan fingerprint density at radius 2 is 1.85 bits per heavy atom. The van der Waals surface area contributed by atoms with Gasteiger partial charge < -0.3 is 10.6 Å². The van der Waals surface area contributed by atoms with Crippen LogP contribution in [0, 0.1) is 19.8 Å². The average Bonchev–Trinajstić information content (AvgIpc) is 2.86. The van der Waals surface area contributed by atoms with Crippen molar-refractivity contribution < 1.29 is 4.79 Å². The molecule has 0 atom stereocenters. The number of carbonyl (C=O) groups excluding carboxylic acids is 1. The second-order valence-corrected chi connectivity index (χ2v) is 6.03. The molecule has 0 radical (unpaired) electrons. The molecule has 0 heterocycles. The van der Waals surface area contributed by atoms with Gasteiger partial charge in [0.15, 0.2) is 5.11 Å². The van der Waals surface area contributed by atoms with E-state index in [1.54, 1.807) is 0 Å². The number of para-hydroxylation sites is 1. The molecule has 1 aliphatic carbocycles. The van der Waals surface area contributed by atoms with Crippen molar-refractivity contribution in [1.82, 2.24) is 5.32 Å². The van der Waals surface area contributed by atoms with E-state index in [2.05, 4.69) is 10.6 Å². The average molecular weight is 290 g/mol. The van der Waals surface area contributed by atoms with Crippen molar-refractivity contribution in [3.05, 3.63) is 29.3 Å². The summed E-state index contributed by atoms with van der Waals surface area (Å²) in [5, 5.41) is 6.32. The molecule has 1 saturated carbocycles. The minimum Gasteiger partial charge on any atom is -0.332 e. The lowest BCUT2D eigenvalue weighted by Gasteiger charge is -2.15. The zero-order valence-corrected chi connectivity index (χ0v) is 13.0. The number of aryl methyl sites for hydroxylation is 2. The summed E-state index contributed by atoms with van der Waals surface area (Å²) in [6, 6.07) is 6.06. The number of hydrogen-bond donors (Lipinski definition) is 2. The van der Waals surface area contributed by atoms with Crippen LogP contribution >= 0.6 is 12.2 Å². The first-order valence-electron chi connectivity index (χ1n) is 7.23. The normalized spacial score (nSPS) is 15.1. The third-order valence-electron chi connectivity index (χ3n) is 3.92. The van der Waals surface area contributed by atoms with Crippen LogP contribution < -0.4 is 10.6 Å². The third-order valence-corrected chi connectivity index (χ3v) is 4.13. The van der Waals surface area contributed by atoms with Crippen LogP contribution in [0.1, 0.15) is 43.2 Å². The van der Waals surface area contributed by atoms with Gasteiger partial charge in [0.05, 0.1) is 0 Å². The maximum absolute atomic E-state index is 11.9. The van der Waals surface area contributed by atoms with E-state index in [0.29, 0.717) is 17.5 Å². The zero-order valence-electron chi connectivity index (χ0n) is 12.2. The summed E-state index contributed by atoms with van der Waals surface area (Å²) in [7, 11) is 0. The fourth-order valence-corrected chi connectivity index (χ4v) is 3.03. The van der Waals surface area contributed by atoms with Crippen LogP contribution in [0.3, 0.4) is 0 Å². The highest BCUT2D eigenvalue weighted by Crippen LogP contribution is 2.27. The molecule has 0 aliphatic heterocycles. The third kappa shape index (κ3) is 4.04. The summed E-state index contributed by atoms with van der Waals surface area (Å²) in [5.74, 6) is 0.568. The highest BCUT2D eigenvalue weighted by atomic mass is 32.1. The molecule has 4 heteroatoms. The predicted molar refractivity (Wildman–Crippen MR) is 86.9 cm³/mol. The Morgan fingerprint density at radius 1 is 1.25 bits per heavy atom. The summed E-state index contributed by atoms with van der Waals surface area (Å²) in [6.45, 7) is 4.05. The maximum atomic E-state index is 11.9. The van der Waals surface area contributed by atoms with Gasteiger partial charge >= 0.3 is 0 Å². The van der Waals surface area contributed by atoms with E-state index in [-0.39, 0.29) is 5.91 Å². The number of hydrogen-bond acceptors (Lipinski definition) is 2. The van der Waals surface area contributed by atoms with E-state index in [9.17, 15) is 4.79 Å². The quantitative estimate of drug-likeness (QED) is 0.834. The van der Waals surface area contributed by atoms with Crippen LogP contribution in [0.5, 0.6) is 0 Å². The molecule has 0 aromatic heterocycles. The van der Waals surface area contributed by atoms with Gasteiger partial charge in [0.2, 0.25) is 5.91 Å². The zero-order chi connectivity index (χ0) is 14.5. The molecule has 3 nitrogen and oxygen atoms in total. The van der Waals surface area contributed by atoms with Gasteiger partial charge in [0.25, 0.3) is 0 Å². The highest BCUT2D eigenvalue weighted by Gasteiger charge is 2.19. The van der Waals surface area contributed by atoms with E-state index < -0.39 is 0 Å². The van der Waals surface area contributed by atoms with Gasteiger partial charge in [-0.3, -0.25) is 4.79 Å². The van der Waals surface area contributed by atoms with Crippen LogP contribution in [0.4, 0.5) is 5.69 Å². The molecule has 108 valence electrons. The molecule has 0 saturated heterocycles. The highest BCUT2D eigenvalue weighted by molar-refractivity contribution is 7.80. The van der Waals surface area contributed by atoms with Gasteiger partial charge in [-0.2, -0.15) is 0 Å². The first-order valence-corrected chi connectivity index (χ1v) is 7.64. The number of carbonyl (C=O) groups is 1. The van der Waals surface area contributed by atoms with Crippen LogP contribution in [0.2, 0.25) is 0 Å². The molecule has 2 rings (SSSR count). The Balaban J connectivity index is 1.87. The summed E-state index contributed by atoms with van der Waals surface area (Å²) >= 11 is 5.23. The molecule has 2 N–H and O–H groups in total. The molecule has 0 unspecified atom stereocenters. The summed E-state index contributed by atoms with van der Waals surface area (Å²) in [4.78, 5) is 11.9. The Labute approximate surface area is 126 Å². The van der Waals surface area contributed by atoms with Crippen molar-refractivity contribution in [3.63, 3.8) is 0 Å². The maximum Gasteiger partial charge on any atom is 0.226 e. The Bertz CT molecular complexity index is 487. The van der Waals surface area contributed by atoms with Crippen LogP contribution in [0.25, 0.3) is 0 Å². The van der Waals surface area contributed by atoms with Crippen LogP contribution in [0.15, 0.2) is 18.2 Å². The first-order chi connectivity index (χ1) is 9.56. The summed E-state index contributed by atoms with van der Waals surface area (Å²) < 4.78 is 0. The molecule has 1 aromatic carbocycles. The van der Waals surface area contributed by atoms with Gasteiger partial charge in [0, 0.05) is 12.1 Å². The van der Waals surface area contributed by atoms with Crippen LogP contribution in [-0.2, 0) is 4.79 Å². The van der Waals surface area contributed by atoms with E-state index in [1.807, 2.05) is 32.0 Å². The van der Waals surface area contributed by atoms with Crippen molar-refractivity contribution in [1.29, 1.82) is 0 Å². The second kappa shape index (κ2) is 6.84. The Hall–Kier alpha value is -1.42. The molecule has 1 fully saturated rings. The molecule has 1 aromatic rings. The molecule has 0 bridgehead atoms. The minimum atomic E-state index is 0.0284. The standard InChI is InChI=1S/C16H22N2OS/c1-11-6-5-7-12(2)15(11)18-16(20)17-14(19)10-13-8-3-4-9-13/h5-7,13H,3-4,8-10H2,1-2H3,(H2,17,18,19,20). The Morgan fingerprint density at radius 3 is 2.45 bits per heavy atom. The van der Waals surface area contributed by atoms with E-state index in [0.717, 1.165) is 16.8 Å². The predicted octanol–water partition coefficient (Wildman–Crippen LogP) is 3.70. The van der Waals surface area contributed by atoms with Gasteiger partial charge in [0.1, 0.15) is 0 Å². The lowest BCUT2D eigenvalue weighted by atomic mass is 10.0. The number of amides is 1. The van der Waals surface area contributed by atoms with E-state index in [1.165, 1.54) is 25.7 Å². The SMILES string of the molecule is Cc1cccc(C)c1NC(=S)NC(=O)CC1CCCC1. The number of benzene rings is 1. The Kier molecular flexibility index (Phi) is 5.12. The van der Waals surface area contributed by atoms with E-state index in [4.69, 9.17) is 12.2 Å². The summed E-state index contributed by atoms with van der Waals surface area (Å²) in [5.41, 5.74) is 3.23. The van der Waals surface area contributed by atoms with Crippen molar-refractivity contribution in [2.45, 2.75) is 46.0 Å². The number of rotatable bonds is 3. The number of anilines is 1. The molecule has 1 aliphatic rings. The topological polar surface area (TPSA) is 41.1 Å². The molecular formula is C16H22N2OS. The minimum absolute atomic E-state index is 0.0284. The second-order valence-electron chi connectivity index (χ2n) is 5.62. The van der Waals surface area contributed by atoms with Gasteiger partial charge in [-0.15, -0.1) is 0 Å². The largest absolute Gasteiger partial charge is 0.332 e. The monoisotopic (exact) mass is 290 g/mol. The fraction of sp³-hybridized carbons (Fsp3) is 0.500. The lowest BCUT2D eigenvalue weighted by molar-refractivity contribution is -0.120. The smallest absolute Gasteiger partial charge is 0.226 e. The first kappa shape index (κ1) is 15.0. The van der Waals surface area contributed by atoms with Crippen molar-refractivity contribution in [3.8, 4) is 0 Å². The van der Waals surface area contributed by atoms with Crippen molar-refractivity contribution in [2.75, 3.05) is 5.32 Å². The van der Waals surface area contributed by atoms with Crippen molar-refractivity contribution >= 4 is 28.9 Å². The van der Waals surface area contributed by atoms with Gasteiger partial charge in [-0.05, 0) is 56.0 Å². The number of thiocarbonyl (C=S) groups is 1. The molecular weight excluding hydrogens is 268 g/mol. The van der Waals surface area contributed by atoms with Crippen LogP contribution in [-0.4, -0.2) is 11.0 Å². The van der Waals surface area contributed by atoms with Crippen molar-refractivity contribution in [2.24, 2.45) is 5.92 Å². The molecule has 1 amide bonds. The molecule has 20 heavy (non-hydrogen) atoms.